The Balaban J connectivity index is 2.20. The van der Waals surface area contributed by atoms with Gasteiger partial charge in [0, 0.05) is 17.1 Å². The molecule has 16 heavy (non-hydrogen) atoms. The number of benzene rings is 1. The van der Waals surface area contributed by atoms with Crippen LogP contribution in [-0.2, 0) is 0 Å². The predicted octanol–water partition coefficient (Wildman–Crippen LogP) is 3.59. The van der Waals surface area contributed by atoms with Crippen molar-refractivity contribution in [2.24, 2.45) is 0 Å². The molecule has 1 unspecified atom stereocenters. The summed E-state index contributed by atoms with van der Waals surface area (Å²) in [5, 5.41) is 5.51. The first-order valence-corrected chi connectivity index (χ1v) is 5.66. The van der Waals surface area contributed by atoms with Crippen LogP contribution >= 0.6 is 11.3 Å². The number of halogens is 2. The van der Waals surface area contributed by atoms with Crippen LogP contribution in [0.15, 0.2) is 29.8 Å². The van der Waals surface area contributed by atoms with Crippen LogP contribution in [0.25, 0.3) is 0 Å². The SMILES string of the molecule is CC(Nc1nccs1)c1cc(F)ccc1F. The molecule has 0 saturated heterocycles. The lowest BCUT2D eigenvalue weighted by Gasteiger charge is -2.14. The number of anilines is 1. The van der Waals surface area contributed by atoms with Gasteiger partial charge in [0.05, 0.1) is 6.04 Å². The summed E-state index contributed by atoms with van der Waals surface area (Å²) in [7, 11) is 0. The second-order valence-corrected chi connectivity index (χ2v) is 4.26. The number of aromatic nitrogens is 1. The maximum absolute atomic E-state index is 13.4. The van der Waals surface area contributed by atoms with Crippen molar-refractivity contribution in [1.29, 1.82) is 0 Å². The Bertz CT molecular complexity index is 471. The molecule has 1 atom stereocenters. The van der Waals surface area contributed by atoms with Crippen molar-refractivity contribution in [1.82, 2.24) is 4.98 Å². The third kappa shape index (κ3) is 2.36. The molecular weight excluding hydrogens is 230 g/mol. The lowest BCUT2D eigenvalue weighted by Crippen LogP contribution is -2.08. The van der Waals surface area contributed by atoms with Crippen molar-refractivity contribution in [3.8, 4) is 0 Å². The smallest absolute Gasteiger partial charge is 0.183 e. The Morgan fingerprint density at radius 2 is 2.19 bits per heavy atom. The molecule has 0 radical (unpaired) electrons. The Labute approximate surface area is 96.0 Å². The quantitative estimate of drug-likeness (QED) is 0.886. The molecule has 1 aromatic carbocycles. The normalized spacial score (nSPS) is 12.4. The predicted molar refractivity (Wildman–Crippen MR) is 60.5 cm³/mol. The zero-order chi connectivity index (χ0) is 11.5. The van der Waals surface area contributed by atoms with E-state index in [9.17, 15) is 8.78 Å². The third-order valence-corrected chi connectivity index (χ3v) is 2.90. The van der Waals surface area contributed by atoms with Gasteiger partial charge in [-0.05, 0) is 25.1 Å². The van der Waals surface area contributed by atoms with Crippen LogP contribution in [0.2, 0.25) is 0 Å². The number of hydrogen-bond donors (Lipinski definition) is 1. The molecule has 0 aliphatic carbocycles. The van der Waals surface area contributed by atoms with Crippen LogP contribution in [0.5, 0.6) is 0 Å². The average Bonchev–Trinajstić information content (AvgIpc) is 2.74. The fraction of sp³-hybridized carbons (Fsp3) is 0.182. The van der Waals surface area contributed by atoms with Gasteiger partial charge in [-0.1, -0.05) is 0 Å². The fourth-order valence-corrected chi connectivity index (χ4v) is 2.02. The summed E-state index contributed by atoms with van der Waals surface area (Å²) in [6.45, 7) is 1.76. The van der Waals surface area contributed by atoms with Gasteiger partial charge in [-0.3, -0.25) is 0 Å². The number of thiazole rings is 1. The number of nitrogens with zero attached hydrogens (tertiary/aromatic N) is 1. The van der Waals surface area contributed by atoms with Gasteiger partial charge in [-0.15, -0.1) is 11.3 Å². The summed E-state index contributed by atoms with van der Waals surface area (Å²) in [5.41, 5.74) is 0.301. The number of rotatable bonds is 3. The standard InChI is InChI=1S/C11H10F2N2S/c1-7(15-11-14-4-5-16-11)9-6-8(12)2-3-10(9)13/h2-7H,1H3,(H,14,15). The van der Waals surface area contributed by atoms with E-state index in [1.807, 2.05) is 5.38 Å². The van der Waals surface area contributed by atoms with Gasteiger partial charge >= 0.3 is 0 Å². The van der Waals surface area contributed by atoms with Crippen LogP contribution in [0.3, 0.4) is 0 Å². The molecule has 1 heterocycles. The highest BCUT2D eigenvalue weighted by Crippen LogP contribution is 2.23. The van der Waals surface area contributed by atoms with Gasteiger partial charge in [0.1, 0.15) is 11.6 Å². The van der Waals surface area contributed by atoms with Crippen molar-refractivity contribution < 1.29 is 8.78 Å². The van der Waals surface area contributed by atoms with Crippen LogP contribution in [0.1, 0.15) is 18.5 Å². The molecule has 1 aromatic heterocycles. The zero-order valence-corrected chi connectivity index (χ0v) is 9.39. The van der Waals surface area contributed by atoms with E-state index in [1.54, 1.807) is 13.1 Å². The van der Waals surface area contributed by atoms with Gasteiger partial charge in [0.25, 0.3) is 0 Å². The second kappa shape index (κ2) is 4.57. The average molecular weight is 240 g/mol. The van der Waals surface area contributed by atoms with Gasteiger partial charge in [-0.2, -0.15) is 0 Å². The maximum Gasteiger partial charge on any atom is 0.183 e. The fourth-order valence-electron chi connectivity index (χ4n) is 1.40. The highest BCUT2D eigenvalue weighted by atomic mass is 32.1. The first kappa shape index (κ1) is 11.0. The minimum atomic E-state index is -0.441. The van der Waals surface area contributed by atoms with Gasteiger partial charge < -0.3 is 5.32 Å². The van der Waals surface area contributed by atoms with Crippen molar-refractivity contribution in [3.05, 3.63) is 47.0 Å². The first-order valence-electron chi connectivity index (χ1n) is 4.78. The van der Waals surface area contributed by atoms with E-state index >= 15 is 0 Å². The summed E-state index contributed by atoms with van der Waals surface area (Å²) in [6, 6.07) is 3.11. The molecule has 84 valence electrons. The molecule has 2 aromatic rings. The highest BCUT2D eigenvalue weighted by Gasteiger charge is 2.12. The molecule has 0 bridgehead atoms. The van der Waals surface area contributed by atoms with E-state index in [0.717, 1.165) is 12.1 Å². The minimum absolute atomic E-state index is 0.301. The molecule has 0 amide bonds. The molecule has 1 N–H and O–H groups in total. The zero-order valence-electron chi connectivity index (χ0n) is 8.58. The van der Waals surface area contributed by atoms with E-state index in [1.165, 1.54) is 17.4 Å². The topological polar surface area (TPSA) is 24.9 Å². The van der Waals surface area contributed by atoms with Crippen molar-refractivity contribution >= 4 is 16.5 Å². The summed E-state index contributed by atoms with van der Waals surface area (Å²) < 4.78 is 26.4. The van der Waals surface area contributed by atoms with Gasteiger partial charge in [0.2, 0.25) is 0 Å². The Kier molecular flexibility index (Phi) is 3.14. The largest absolute Gasteiger partial charge is 0.355 e. The Hall–Kier alpha value is -1.49. The molecule has 0 aliphatic rings. The van der Waals surface area contributed by atoms with E-state index in [-0.39, 0.29) is 6.04 Å². The number of hydrogen-bond acceptors (Lipinski definition) is 3. The van der Waals surface area contributed by atoms with Crippen molar-refractivity contribution in [2.75, 3.05) is 5.32 Å². The summed E-state index contributed by atoms with van der Waals surface area (Å²) in [4.78, 5) is 4.03. The summed E-state index contributed by atoms with van der Waals surface area (Å²) in [6.07, 6.45) is 1.65. The van der Waals surface area contributed by atoms with Crippen LogP contribution in [-0.4, -0.2) is 4.98 Å². The molecule has 2 rings (SSSR count). The first-order chi connectivity index (χ1) is 7.66. The monoisotopic (exact) mass is 240 g/mol. The van der Waals surface area contributed by atoms with Gasteiger partial charge in [0.15, 0.2) is 5.13 Å². The Morgan fingerprint density at radius 1 is 1.38 bits per heavy atom. The van der Waals surface area contributed by atoms with Crippen LogP contribution in [0, 0.1) is 11.6 Å². The van der Waals surface area contributed by atoms with E-state index < -0.39 is 11.6 Å². The second-order valence-electron chi connectivity index (χ2n) is 3.37. The molecular formula is C11H10F2N2S. The lowest BCUT2D eigenvalue weighted by atomic mass is 10.1. The molecule has 0 saturated carbocycles. The summed E-state index contributed by atoms with van der Waals surface area (Å²) in [5.74, 6) is -0.859. The molecule has 2 nitrogen and oxygen atoms in total. The molecule has 0 fully saturated rings. The number of nitrogens with one attached hydrogen (secondary N) is 1. The molecule has 5 heteroatoms. The van der Waals surface area contributed by atoms with E-state index in [4.69, 9.17) is 0 Å². The van der Waals surface area contributed by atoms with Gasteiger partial charge in [-0.25, -0.2) is 13.8 Å². The highest BCUT2D eigenvalue weighted by molar-refractivity contribution is 7.13. The van der Waals surface area contributed by atoms with Crippen molar-refractivity contribution in [3.63, 3.8) is 0 Å². The van der Waals surface area contributed by atoms with E-state index in [0.29, 0.717) is 10.7 Å². The lowest BCUT2D eigenvalue weighted by molar-refractivity contribution is 0.577. The van der Waals surface area contributed by atoms with E-state index in [2.05, 4.69) is 10.3 Å². The maximum atomic E-state index is 13.4. The van der Waals surface area contributed by atoms with Crippen LogP contribution < -0.4 is 5.32 Å². The van der Waals surface area contributed by atoms with Crippen molar-refractivity contribution in [2.45, 2.75) is 13.0 Å². The summed E-state index contributed by atoms with van der Waals surface area (Å²) >= 11 is 1.42. The Morgan fingerprint density at radius 3 is 2.88 bits per heavy atom. The van der Waals surface area contributed by atoms with Crippen LogP contribution in [0.4, 0.5) is 13.9 Å². The molecule has 0 aliphatic heterocycles. The third-order valence-electron chi connectivity index (χ3n) is 2.20. The molecule has 0 spiro atoms. The minimum Gasteiger partial charge on any atom is -0.355 e.